The lowest BCUT2D eigenvalue weighted by Crippen LogP contribution is -2.30. The van der Waals surface area contributed by atoms with E-state index < -0.39 is 6.10 Å². The summed E-state index contributed by atoms with van der Waals surface area (Å²) in [5, 5.41) is 5.28. The van der Waals surface area contributed by atoms with Gasteiger partial charge >= 0.3 is 0 Å². The Morgan fingerprint density at radius 3 is 2.45 bits per heavy atom. The Hall–Kier alpha value is -2.82. The zero-order valence-electron chi connectivity index (χ0n) is 12.5. The molecule has 114 valence electrons. The normalized spacial score (nSPS) is 11.4. The monoisotopic (exact) mass is 298 g/mol. The van der Waals surface area contributed by atoms with Crippen molar-refractivity contribution in [2.45, 2.75) is 13.0 Å². The molecule has 0 saturated carbocycles. The molecule has 2 aromatic rings. The van der Waals surface area contributed by atoms with Crippen molar-refractivity contribution in [2.75, 3.05) is 12.4 Å². The highest BCUT2D eigenvalue weighted by Crippen LogP contribution is 2.14. The second-order valence-corrected chi connectivity index (χ2v) is 4.72. The third-order valence-corrected chi connectivity index (χ3v) is 3.04. The first-order valence-electron chi connectivity index (χ1n) is 6.95. The van der Waals surface area contributed by atoms with Crippen LogP contribution >= 0.6 is 0 Å². The molecule has 0 aliphatic rings. The second-order valence-electron chi connectivity index (χ2n) is 4.72. The molecule has 0 spiro atoms. The highest BCUT2D eigenvalue weighted by molar-refractivity contribution is 5.98. The number of carbonyl (C=O) groups excluding carboxylic acids is 2. The summed E-state index contributed by atoms with van der Waals surface area (Å²) in [6.07, 6.45) is -0.647. The van der Waals surface area contributed by atoms with Gasteiger partial charge in [-0.3, -0.25) is 9.59 Å². The zero-order chi connectivity index (χ0) is 15.9. The SMILES string of the molecule is CNC(=O)c1cccc(NC(=O)[C@@H](C)Oc2ccccc2)c1. The number of hydrogen-bond acceptors (Lipinski definition) is 3. The maximum absolute atomic E-state index is 12.1. The number of nitrogens with one attached hydrogen (secondary N) is 2. The Bertz CT molecular complexity index is 656. The van der Waals surface area contributed by atoms with Crippen LogP contribution in [0, 0.1) is 0 Å². The quantitative estimate of drug-likeness (QED) is 0.891. The molecule has 0 aliphatic carbocycles. The number of carbonyl (C=O) groups is 2. The maximum atomic E-state index is 12.1. The van der Waals surface area contributed by atoms with Crippen LogP contribution in [-0.4, -0.2) is 25.0 Å². The van der Waals surface area contributed by atoms with Crippen molar-refractivity contribution in [1.29, 1.82) is 0 Å². The van der Waals surface area contributed by atoms with Gasteiger partial charge in [0.1, 0.15) is 5.75 Å². The highest BCUT2D eigenvalue weighted by atomic mass is 16.5. The van der Waals surface area contributed by atoms with Crippen LogP contribution in [-0.2, 0) is 4.79 Å². The summed E-state index contributed by atoms with van der Waals surface area (Å²) in [6.45, 7) is 1.67. The van der Waals surface area contributed by atoms with Crippen molar-refractivity contribution in [2.24, 2.45) is 0 Å². The van der Waals surface area contributed by atoms with Gasteiger partial charge in [-0.05, 0) is 37.3 Å². The summed E-state index contributed by atoms with van der Waals surface area (Å²) >= 11 is 0. The molecule has 5 heteroatoms. The largest absolute Gasteiger partial charge is 0.481 e. The van der Waals surface area contributed by atoms with Gasteiger partial charge in [-0.1, -0.05) is 24.3 Å². The minimum Gasteiger partial charge on any atom is -0.481 e. The first-order valence-corrected chi connectivity index (χ1v) is 6.95. The molecule has 2 aromatic carbocycles. The van der Waals surface area contributed by atoms with E-state index in [0.29, 0.717) is 17.0 Å². The van der Waals surface area contributed by atoms with Crippen molar-refractivity contribution in [3.8, 4) is 5.75 Å². The van der Waals surface area contributed by atoms with Gasteiger partial charge in [-0.25, -0.2) is 0 Å². The molecule has 22 heavy (non-hydrogen) atoms. The molecule has 0 fully saturated rings. The second kappa shape index (κ2) is 7.26. The molecule has 2 amide bonds. The van der Waals surface area contributed by atoms with Crippen LogP contribution in [0.3, 0.4) is 0 Å². The van der Waals surface area contributed by atoms with E-state index in [1.807, 2.05) is 18.2 Å². The third kappa shape index (κ3) is 4.09. The Labute approximate surface area is 129 Å². The van der Waals surface area contributed by atoms with E-state index in [4.69, 9.17) is 4.74 Å². The van der Waals surface area contributed by atoms with Crippen LogP contribution in [0.1, 0.15) is 17.3 Å². The molecule has 5 nitrogen and oxygen atoms in total. The summed E-state index contributed by atoms with van der Waals surface area (Å²) in [6, 6.07) is 15.9. The molecule has 0 radical (unpaired) electrons. The standard InChI is InChI=1S/C17H18N2O3/c1-12(22-15-9-4-3-5-10-15)16(20)19-14-8-6-7-13(11-14)17(21)18-2/h3-12H,1-2H3,(H,18,21)(H,19,20)/t12-/m1/s1. The number of hydrogen-bond donors (Lipinski definition) is 2. The van der Waals surface area contributed by atoms with E-state index in [0.717, 1.165) is 0 Å². The van der Waals surface area contributed by atoms with Gasteiger partial charge in [0.25, 0.3) is 11.8 Å². The lowest BCUT2D eigenvalue weighted by molar-refractivity contribution is -0.122. The molecule has 2 rings (SSSR count). The predicted molar refractivity (Wildman–Crippen MR) is 85.0 cm³/mol. The smallest absolute Gasteiger partial charge is 0.265 e. The Morgan fingerprint density at radius 2 is 1.77 bits per heavy atom. The van der Waals surface area contributed by atoms with Crippen LogP contribution in [0.5, 0.6) is 5.75 Å². The van der Waals surface area contributed by atoms with Crippen molar-refractivity contribution >= 4 is 17.5 Å². The van der Waals surface area contributed by atoms with E-state index in [9.17, 15) is 9.59 Å². The summed E-state index contributed by atoms with van der Waals surface area (Å²) in [4.78, 5) is 23.7. The molecule has 2 N–H and O–H groups in total. The van der Waals surface area contributed by atoms with E-state index >= 15 is 0 Å². The first kappa shape index (κ1) is 15.6. The van der Waals surface area contributed by atoms with E-state index in [-0.39, 0.29) is 11.8 Å². The zero-order valence-corrected chi connectivity index (χ0v) is 12.5. The molecular weight excluding hydrogens is 280 g/mol. The van der Waals surface area contributed by atoms with Gasteiger partial charge in [0, 0.05) is 18.3 Å². The molecule has 0 unspecified atom stereocenters. The molecule has 0 bridgehead atoms. The van der Waals surface area contributed by atoms with Gasteiger partial charge in [0.2, 0.25) is 0 Å². The minimum atomic E-state index is -0.647. The fourth-order valence-corrected chi connectivity index (χ4v) is 1.88. The molecule has 0 saturated heterocycles. The van der Waals surface area contributed by atoms with Crippen LogP contribution in [0.4, 0.5) is 5.69 Å². The molecule has 0 aromatic heterocycles. The van der Waals surface area contributed by atoms with Gasteiger partial charge in [0.15, 0.2) is 6.10 Å². The average Bonchev–Trinajstić information content (AvgIpc) is 2.55. The van der Waals surface area contributed by atoms with Gasteiger partial charge in [-0.15, -0.1) is 0 Å². The van der Waals surface area contributed by atoms with E-state index in [1.54, 1.807) is 50.4 Å². The number of anilines is 1. The molecular formula is C17H18N2O3. The lowest BCUT2D eigenvalue weighted by Gasteiger charge is -2.15. The van der Waals surface area contributed by atoms with Gasteiger partial charge in [-0.2, -0.15) is 0 Å². The fraction of sp³-hybridized carbons (Fsp3) is 0.176. The van der Waals surface area contributed by atoms with Gasteiger partial charge < -0.3 is 15.4 Å². The number of rotatable bonds is 5. The van der Waals surface area contributed by atoms with Crippen LogP contribution in [0.25, 0.3) is 0 Å². The minimum absolute atomic E-state index is 0.204. The highest BCUT2D eigenvalue weighted by Gasteiger charge is 2.15. The summed E-state index contributed by atoms with van der Waals surface area (Å²) in [5.41, 5.74) is 1.03. The topological polar surface area (TPSA) is 67.4 Å². The van der Waals surface area contributed by atoms with Crippen LogP contribution < -0.4 is 15.4 Å². The van der Waals surface area contributed by atoms with E-state index in [1.165, 1.54) is 0 Å². The van der Waals surface area contributed by atoms with Gasteiger partial charge in [0.05, 0.1) is 0 Å². The number of amides is 2. The maximum Gasteiger partial charge on any atom is 0.265 e. The molecule has 1 atom stereocenters. The van der Waals surface area contributed by atoms with Crippen molar-refractivity contribution < 1.29 is 14.3 Å². The number of ether oxygens (including phenoxy) is 1. The predicted octanol–water partition coefficient (Wildman–Crippen LogP) is 2.45. The molecule has 0 heterocycles. The summed E-state index contributed by atoms with van der Waals surface area (Å²) in [7, 11) is 1.56. The van der Waals surface area contributed by atoms with Crippen molar-refractivity contribution in [3.05, 3.63) is 60.2 Å². The van der Waals surface area contributed by atoms with Crippen molar-refractivity contribution in [3.63, 3.8) is 0 Å². The fourth-order valence-electron chi connectivity index (χ4n) is 1.88. The lowest BCUT2D eigenvalue weighted by atomic mass is 10.2. The number of para-hydroxylation sites is 1. The number of benzene rings is 2. The van der Waals surface area contributed by atoms with Crippen molar-refractivity contribution in [1.82, 2.24) is 5.32 Å². The summed E-state index contributed by atoms with van der Waals surface area (Å²) < 4.78 is 5.56. The average molecular weight is 298 g/mol. The van der Waals surface area contributed by atoms with Crippen LogP contribution in [0.2, 0.25) is 0 Å². The third-order valence-electron chi connectivity index (χ3n) is 3.04. The Kier molecular flexibility index (Phi) is 5.14. The Balaban J connectivity index is 2.01. The first-order chi connectivity index (χ1) is 10.6. The Morgan fingerprint density at radius 1 is 1.05 bits per heavy atom. The van der Waals surface area contributed by atoms with E-state index in [2.05, 4.69) is 10.6 Å². The molecule has 0 aliphatic heterocycles. The van der Waals surface area contributed by atoms with Crippen LogP contribution in [0.15, 0.2) is 54.6 Å². The summed E-state index contributed by atoms with van der Waals surface area (Å²) in [5.74, 6) is 0.145.